The molecule has 1 spiro atoms. The standard InChI is InChI=1S/C31H49N5O6S/c1-23-16-26(40-5)17-24(2)29(23)43(38,39)36-22-30(3,4)42-20-25(36)19-41-21-28(37)35-14-8-31(9-15-35)6-12-34(13-7-31)18-27-32-10-11-33-27/h16-17,25H,6-15,18-22H2,1-5H3,(H,32,33)/t25-/m1/s1. The zero-order valence-electron chi connectivity index (χ0n) is 26.5. The Balaban J connectivity index is 1.13. The van der Waals surface area contributed by atoms with Crippen molar-refractivity contribution in [1.82, 2.24) is 19.4 Å². The largest absolute Gasteiger partial charge is 0.497 e. The van der Waals surface area contributed by atoms with Crippen LogP contribution in [0.5, 0.6) is 5.75 Å². The van der Waals surface area contributed by atoms with E-state index >= 15 is 0 Å². The Morgan fingerprint density at radius 1 is 1.09 bits per heavy atom. The van der Waals surface area contributed by atoms with E-state index in [2.05, 4.69) is 15.2 Å². The van der Waals surface area contributed by atoms with Crippen molar-refractivity contribution < 1.29 is 27.4 Å². The molecule has 1 aromatic rings. The van der Waals surface area contributed by atoms with Crippen LogP contribution in [0.1, 0.15) is 50.7 Å². The predicted molar refractivity (Wildman–Crippen MR) is 165 cm³/mol. The fraction of sp³-hybridized carbons (Fsp3) is 0.742. The fourth-order valence-corrected chi connectivity index (χ4v) is 9.14. The van der Waals surface area contributed by atoms with E-state index in [0.717, 1.165) is 77.3 Å². The van der Waals surface area contributed by atoms with Crippen LogP contribution in [0.4, 0.5) is 0 Å². The maximum absolute atomic E-state index is 14.0. The Kier molecular flexibility index (Phi) is 9.72. The molecule has 1 amide bonds. The molecular formula is C31H49N5O6S. The minimum Gasteiger partial charge on any atom is -0.497 e. The van der Waals surface area contributed by atoms with Gasteiger partial charge in [-0.3, -0.25) is 14.7 Å². The first kappa shape index (κ1) is 32.2. The highest BCUT2D eigenvalue weighted by molar-refractivity contribution is 7.89. The maximum Gasteiger partial charge on any atom is 0.248 e. The predicted octanol–water partition coefficient (Wildman–Crippen LogP) is 2.20. The molecule has 0 bridgehead atoms. The van der Waals surface area contributed by atoms with Crippen LogP contribution in [0.2, 0.25) is 0 Å². The molecule has 43 heavy (non-hydrogen) atoms. The number of rotatable bonds is 9. The van der Waals surface area contributed by atoms with Crippen LogP contribution in [0, 0.1) is 19.3 Å². The summed E-state index contributed by atoms with van der Waals surface area (Å²) in [4.78, 5) is 22.3. The number of piperidine rings is 2. The number of ether oxygens (including phenoxy) is 3. The van der Waals surface area contributed by atoms with E-state index in [9.17, 15) is 13.2 Å². The quantitative estimate of drug-likeness (QED) is 0.448. The van der Waals surface area contributed by atoms with Crippen molar-refractivity contribution >= 4 is 21.8 Å². The number of amides is 1. The lowest BCUT2D eigenvalue weighted by Crippen LogP contribution is -2.57. The first-order valence-corrected chi connectivity index (χ1v) is 17.0. The van der Waals surface area contributed by atoms with Gasteiger partial charge in [-0.15, -0.1) is 0 Å². The number of carbonyl (C=O) groups is 1. The third-order valence-corrected chi connectivity index (χ3v) is 11.8. The van der Waals surface area contributed by atoms with E-state index in [-0.39, 0.29) is 37.2 Å². The summed E-state index contributed by atoms with van der Waals surface area (Å²) in [5.41, 5.74) is 0.932. The highest BCUT2D eigenvalue weighted by atomic mass is 32.2. The molecule has 3 saturated heterocycles. The average Bonchev–Trinajstić information content (AvgIpc) is 3.48. The molecule has 240 valence electrons. The second-order valence-corrected chi connectivity index (χ2v) is 15.1. The van der Waals surface area contributed by atoms with Gasteiger partial charge in [0, 0.05) is 26.2 Å². The summed E-state index contributed by atoms with van der Waals surface area (Å²) in [6.45, 7) is 14.1. The number of methoxy groups -OCH3 is 1. The first-order chi connectivity index (χ1) is 20.4. The minimum atomic E-state index is -3.86. The third kappa shape index (κ3) is 7.36. The number of likely N-dealkylation sites (tertiary alicyclic amines) is 2. The minimum absolute atomic E-state index is 0.0362. The van der Waals surface area contributed by atoms with Crippen LogP contribution in [0.15, 0.2) is 22.0 Å². The molecule has 0 aromatic heterocycles. The highest BCUT2D eigenvalue weighted by Gasteiger charge is 2.43. The van der Waals surface area contributed by atoms with E-state index in [4.69, 9.17) is 14.2 Å². The highest BCUT2D eigenvalue weighted by Crippen LogP contribution is 2.41. The summed E-state index contributed by atoms with van der Waals surface area (Å²) in [6.07, 6.45) is 4.36. The fourth-order valence-electron chi connectivity index (χ4n) is 6.97. The summed E-state index contributed by atoms with van der Waals surface area (Å²) in [5.74, 6) is 1.70. The van der Waals surface area contributed by atoms with Crippen LogP contribution in [-0.2, 0) is 24.3 Å². The lowest BCUT2D eigenvalue weighted by atomic mass is 9.71. The van der Waals surface area contributed by atoms with Gasteiger partial charge in [-0.2, -0.15) is 4.31 Å². The van der Waals surface area contributed by atoms with Gasteiger partial charge in [0.05, 0.1) is 50.0 Å². The van der Waals surface area contributed by atoms with Gasteiger partial charge in [0.25, 0.3) is 0 Å². The van der Waals surface area contributed by atoms with Crippen molar-refractivity contribution in [2.24, 2.45) is 10.4 Å². The van der Waals surface area contributed by atoms with Gasteiger partial charge >= 0.3 is 0 Å². The Bertz CT molecular complexity index is 1270. The lowest BCUT2D eigenvalue weighted by molar-refractivity contribution is -0.142. The number of morpholine rings is 1. The molecule has 0 aliphatic carbocycles. The van der Waals surface area contributed by atoms with E-state index in [0.29, 0.717) is 22.3 Å². The van der Waals surface area contributed by atoms with E-state index in [1.54, 1.807) is 33.1 Å². The van der Waals surface area contributed by atoms with Crippen molar-refractivity contribution in [3.63, 3.8) is 0 Å². The van der Waals surface area contributed by atoms with Crippen molar-refractivity contribution in [3.05, 3.63) is 23.3 Å². The van der Waals surface area contributed by atoms with E-state index in [1.165, 1.54) is 4.31 Å². The molecule has 4 aliphatic heterocycles. The number of nitrogens with zero attached hydrogens (tertiary/aromatic N) is 4. The van der Waals surface area contributed by atoms with Crippen LogP contribution in [0.25, 0.3) is 0 Å². The summed E-state index contributed by atoms with van der Waals surface area (Å²) in [7, 11) is -2.29. The molecule has 1 N–H and O–H groups in total. The van der Waals surface area contributed by atoms with Crippen molar-refractivity contribution in [2.75, 3.05) is 79.3 Å². The van der Waals surface area contributed by atoms with Crippen molar-refractivity contribution in [2.45, 2.75) is 69.9 Å². The third-order valence-electron chi connectivity index (χ3n) is 9.59. The zero-order valence-corrected chi connectivity index (χ0v) is 27.3. The van der Waals surface area contributed by atoms with Crippen LogP contribution < -0.4 is 10.1 Å². The summed E-state index contributed by atoms with van der Waals surface area (Å²) in [6, 6.07) is 2.95. The van der Waals surface area contributed by atoms with E-state index in [1.807, 2.05) is 18.7 Å². The van der Waals surface area contributed by atoms with Gasteiger partial charge < -0.3 is 24.4 Å². The topological polar surface area (TPSA) is 113 Å². The zero-order chi connectivity index (χ0) is 30.8. The number of hydrogen-bond acceptors (Lipinski definition) is 9. The normalized spacial score (nSPS) is 24.5. The van der Waals surface area contributed by atoms with Crippen LogP contribution in [0.3, 0.4) is 0 Å². The molecule has 3 fully saturated rings. The first-order valence-electron chi connectivity index (χ1n) is 15.6. The molecule has 11 nitrogen and oxygen atoms in total. The second kappa shape index (κ2) is 13.0. The summed E-state index contributed by atoms with van der Waals surface area (Å²) >= 11 is 0. The Morgan fingerprint density at radius 2 is 1.74 bits per heavy atom. The molecule has 1 atom stereocenters. The van der Waals surface area contributed by atoms with E-state index < -0.39 is 21.7 Å². The Labute approximate surface area is 257 Å². The number of aliphatic imine (C=N–C) groups is 1. The van der Waals surface area contributed by atoms with Gasteiger partial charge in [-0.05, 0) is 95.1 Å². The van der Waals surface area contributed by atoms with Crippen molar-refractivity contribution in [1.29, 1.82) is 0 Å². The molecule has 0 unspecified atom stereocenters. The summed E-state index contributed by atoms with van der Waals surface area (Å²) < 4.78 is 46.8. The Hall–Kier alpha value is -2.25. The van der Waals surface area contributed by atoms with Gasteiger partial charge in [0.15, 0.2) is 0 Å². The van der Waals surface area contributed by atoms with Crippen LogP contribution >= 0.6 is 0 Å². The number of hydrogen-bond donors (Lipinski definition) is 1. The molecule has 1 aromatic carbocycles. The smallest absolute Gasteiger partial charge is 0.248 e. The molecule has 0 radical (unpaired) electrons. The SMILES string of the molecule is COc1cc(C)c(S(=O)(=O)N2CC(C)(C)OC[C@H]2COCC(=O)N2CCC3(CCN(CC4=NCCN4)CC3)CC2)c(C)c1. The number of carbonyl (C=O) groups excluding carboxylic acids is 1. The van der Waals surface area contributed by atoms with Crippen LogP contribution in [-0.4, -0.2) is 125 Å². The molecule has 0 saturated carbocycles. The maximum atomic E-state index is 14.0. The molecular weight excluding hydrogens is 570 g/mol. The molecule has 5 rings (SSSR count). The Morgan fingerprint density at radius 3 is 2.35 bits per heavy atom. The average molecular weight is 620 g/mol. The molecule has 4 aliphatic rings. The summed E-state index contributed by atoms with van der Waals surface area (Å²) in [5, 5.41) is 3.37. The van der Waals surface area contributed by atoms with Gasteiger partial charge in [0.2, 0.25) is 15.9 Å². The number of nitrogens with one attached hydrogen (secondary N) is 1. The van der Waals surface area contributed by atoms with Crippen molar-refractivity contribution in [3.8, 4) is 5.75 Å². The molecule has 4 heterocycles. The monoisotopic (exact) mass is 619 g/mol. The van der Waals surface area contributed by atoms with Gasteiger partial charge in [-0.1, -0.05) is 0 Å². The number of sulfonamides is 1. The van der Waals surface area contributed by atoms with Gasteiger partial charge in [0.1, 0.15) is 18.2 Å². The molecule has 12 heteroatoms. The lowest BCUT2D eigenvalue weighted by Gasteiger charge is -2.47. The number of aryl methyl sites for hydroxylation is 2. The second-order valence-electron chi connectivity index (χ2n) is 13.3. The van der Waals surface area contributed by atoms with Gasteiger partial charge in [-0.25, -0.2) is 8.42 Å². The number of benzene rings is 1. The number of amidine groups is 1.